The molecule has 37 heavy (non-hydrogen) atoms. The first kappa shape index (κ1) is 24.1. The Labute approximate surface area is 220 Å². The summed E-state index contributed by atoms with van der Waals surface area (Å²) in [5, 5.41) is 4.99. The minimum absolute atomic E-state index is 0. The highest BCUT2D eigenvalue weighted by Gasteiger charge is 2.15. The van der Waals surface area contributed by atoms with Crippen LogP contribution in [0.25, 0.3) is 39.0 Å². The van der Waals surface area contributed by atoms with Gasteiger partial charge in [0.15, 0.2) is 0 Å². The molecule has 3 aromatic carbocycles. The van der Waals surface area contributed by atoms with Gasteiger partial charge >= 0.3 is 0 Å². The molecule has 0 aliphatic heterocycles. The Morgan fingerprint density at radius 2 is 1.62 bits per heavy atom. The molecular formula is C29H23ClN6O. The maximum absolute atomic E-state index is 6.22. The molecular weight excluding hydrogens is 484 g/mol. The highest BCUT2D eigenvalue weighted by atomic mass is 35.5. The Morgan fingerprint density at radius 1 is 0.838 bits per heavy atom. The van der Waals surface area contributed by atoms with Crippen LogP contribution < -0.4 is 10.5 Å². The summed E-state index contributed by atoms with van der Waals surface area (Å²) >= 11 is 0. The van der Waals surface area contributed by atoms with Gasteiger partial charge in [-0.05, 0) is 47.5 Å². The summed E-state index contributed by atoms with van der Waals surface area (Å²) in [6, 6.07) is 30.1. The predicted octanol–water partition coefficient (Wildman–Crippen LogP) is 6.22. The van der Waals surface area contributed by atoms with Crippen molar-refractivity contribution in [1.29, 1.82) is 0 Å². The molecule has 0 unspecified atom stereocenters. The molecule has 182 valence electrons. The minimum Gasteiger partial charge on any atom is -0.438 e. The standard InChI is InChI=1S/C29H22N6O.ClH/c30-17-20-6-8-22(9-7-20)28-25(21-4-2-1-3-5-21)16-26-27(34-28)14-15-32-29(26)36-24-12-10-23(11-13-24)35-19-31-18-33-35;/h1-16,18-19H,17,30H2;1H. The lowest BCUT2D eigenvalue weighted by Gasteiger charge is -2.14. The predicted molar refractivity (Wildman–Crippen MR) is 147 cm³/mol. The quantitative estimate of drug-likeness (QED) is 0.288. The molecule has 0 radical (unpaired) electrons. The van der Waals surface area contributed by atoms with Gasteiger partial charge in [0.25, 0.3) is 0 Å². The number of pyridine rings is 2. The van der Waals surface area contributed by atoms with Crippen molar-refractivity contribution in [3.63, 3.8) is 0 Å². The van der Waals surface area contributed by atoms with E-state index in [0.29, 0.717) is 18.2 Å². The average molecular weight is 507 g/mol. The van der Waals surface area contributed by atoms with Crippen LogP contribution in [0.4, 0.5) is 0 Å². The second-order valence-electron chi connectivity index (χ2n) is 8.27. The number of hydrogen-bond acceptors (Lipinski definition) is 6. The van der Waals surface area contributed by atoms with E-state index in [-0.39, 0.29) is 12.4 Å². The lowest BCUT2D eigenvalue weighted by atomic mass is 9.97. The fourth-order valence-corrected chi connectivity index (χ4v) is 4.13. The lowest BCUT2D eigenvalue weighted by Crippen LogP contribution is -1.97. The molecule has 6 aromatic rings. The van der Waals surface area contributed by atoms with E-state index in [1.54, 1.807) is 17.2 Å². The summed E-state index contributed by atoms with van der Waals surface area (Å²) in [6.45, 7) is 0.503. The van der Waals surface area contributed by atoms with Crippen molar-refractivity contribution in [1.82, 2.24) is 24.7 Å². The van der Waals surface area contributed by atoms with Gasteiger partial charge in [0, 0.05) is 23.9 Å². The molecule has 0 spiro atoms. The van der Waals surface area contributed by atoms with Crippen molar-refractivity contribution in [3.05, 3.63) is 115 Å². The third kappa shape index (κ3) is 4.91. The molecule has 0 bridgehead atoms. The third-order valence-corrected chi connectivity index (χ3v) is 5.99. The van der Waals surface area contributed by atoms with Crippen molar-refractivity contribution in [2.75, 3.05) is 0 Å². The van der Waals surface area contributed by atoms with Gasteiger partial charge in [0.05, 0.1) is 22.3 Å². The Kier molecular flexibility index (Phi) is 6.89. The topological polar surface area (TPSA) is 91.7 Å². The number of nitrogens with zero attached hydrogens (tertiary/aromatic N) is 5. The van der Waals surface area contributed by atoms with Crippen molar-refractivity contribution in [2.45, 2.75) is 6.54 Å². The zero-order valence-electron chi connectivity index (χ0n) is 19.7. The molecule has 7 nitrogen and oxygen atoms in total. The fourth-order valence-electron chi connectivity index (χ4n) is 4.13. The molecule has 0 aliphatic carbocycles. The van der Waals surface area contributed by atoms with Crippen LogP contribution >= 0.6 is 12.4 Å². The van der Waals surface area contributed by atoms with E-state index < -0.39 is 0 Å². The first-order valence-electron chi connectivity index (χ1n) is 11.6. The summed E-state index contributed by atoms with van der Waals surface area (Å²) < 4.78 is 7.91. The van der Waals surface area contributed by atoms with Crippen LogP contribution in [0.2, 0.25) is 0 Å². The van der Waals surface area contributed by atoms with Crippen LogP contribution in [-0.2, 0) is 6.54 Å². The molecule has 6 rings (SSSR count). The number of rotatable bonds is 6. The van der Waals surface area contributed by atoms with Crippen LogP contribution in [-0.4, -0.2) is 24.7 Å². The number of halogens is 1. The molecule has 0 fully saturated rings. The first-order chi connectivity index (χ1) is 17.8. The third-order valence-electron chi connectivity index (χ3n) is 5.99. The van der Waals surface area contributed by atoms with Crippen LogP contribution in [0.15, 0.2) is 110 Å². The Morgan fingerprint density at radius 3 is 2.32 bits per heavy atom. The molecule has 0 saturated carbocycles. The SMILES string of the molecule is Cl.NCc1ccc(-c2nc3ccnc(Oc4ccc(-n5cncn5)cc4)c3cc2-c2ccccc2)cc1. The molecule has 2 N–H and O–H groups in total. The van der Waals surface area contributed by atoms with Gasteiger partial charge in [-0.3, -0.25) is 0 Å². The number of fused-ring (bicyclic) bond motifs is 1. The van der Waals surface area contributed by atoms with Crippen molar-refractivity contribution < 1.29 is 4.74 Å². The van der Waals surface area contributed by atoms with Gasteiger partial charge in [-0.25, -0.2) is 19.6 Å². The van der Waals surface area contributed by atoms with Crippen molar-refractivity contribution in [2.24, 2.45) is 5.73 Å². The zero-order valence-corrected chi connectivity index (χ0v) is 20.5. The monoisotopic (exact) mass is 506 g/mol. The zero-order chi connectivity index (χ0) is 24.3. The summed E-state index contributed by atoms with van der Waals surface area (Å²) in [7, 11) is 0. The molecule has 3 aromatic heterocycles. The molecule has 3 heterocycles. The Hall–Kier alpha value is -4.59. The van der Waals surface area contributed by atoms with Gasteiger partial charge in [0.1, 0.15) is 18.4 Å². The van der Waals surface area contributed by atoms with E-state index in [1.807, 2.05) is 60.7 Å². The second kappa shape index (κ2) is 10.6. The van der Waals surface area contributed by atoms with E-state index in [1.165, 1.54) is 6.33 Å². The number of benzene rings is 3. The van der Waals surface area contributed by atoms with Gasteiger partial charge in [-0.15, -0.1) is 12.4 Å². The number of ether oxygens (including phenoxy) is 1. The molecule has 0 aliphatic rings. The summed E-state index contributed by atoms with van der Waals surface area (Å²) in [5.41, 5.74) is 12.6. The Bertz CT molecular complexity index is 1620. The summed E-state index contributed by atoms with van der Waals surface area (Å²) in [6.07, 6.45) is 4.88. The molecule has 0 amide bonds. The maximum Gasteiger partial charge on any atom is 0.228 e. The second-order valence-corrected chi connectivity index (χ2v) is 8.27. The van der Waals surface area contributed by atoms with Gasteiger partial charge in [-0.1, -0.05) is 54.6 Å². The van der Waals surface area contributed by atoms with E-state index in [0.717, 1.165) is 44.5 Å². The highest BCUT2D eigenvalue weighted by Crippen LogP contribution is 2.36. The fraction of sp³-hybridized carbons (Fsp3) is 0.0345. The van der Waals surface area contributed by atoms with Gasteiger partial charge in [0.2, 0.25) is 5.88 Å². The highest BCUT2D eigenvalue weighted by molar-refractivity contribution is 5.94. The summed E-state index contributed by atoms with van der Waals surface area (Å²) in [4.78, 5) is 13.6. The van der Waals surface area contributed by atoms with Gasteiger partial charge in [-0.2, -0.15) is 5.10 Å². The first-order valence-corrected chi connectivity index (χ1v) is 11.6. The molecule has 0 atom stereocenters. The van der Waals surface area contributed by atoms with Crippen LogP contribution in [0.3, 0.4) is 0 Å². The van der Waals surface area contributed by atoms with Crippen LogP contribution in [0.5, 0.6) is 11.6 Å². The van der Waals surface area contributed by atoms with Crippen LogP contribution in [0.1, 0.15) is 5.56 Å². The largest absolute Gasteiger partial charge is 0.438 e. The van der Waals surface area contributed by atoms with Crippen LogP contribution in [0, 0.1) is 0 Å². The van der Waals surface area contributed by atoms with Gasteiger partial charge < -0.3 is 10.5 Å². The number of aromatic nitrogens is 5. The summed E-state index contributed by atoms with van der Waals surface area (Å²) in [5.74, 6) is 1.16. The minimum atomic E-state index is 0. The molecule has 0 saturated heterocycles. The van der Waals surface area contributed by atoms with E-state index >= 15 is 0 Å². The number of nitrogens with two attached hydrogens (primary N) is 1. The smallest absolute Gasteiger partial charge is 0.228 e. The molecule has 8 heteroatoms. The van der Waals surface area contributed by atoms with E-state index in [2.05, 4.69) is 45.4 Å². The van der Waals surface area contributed by atoms with Crippen molar-refractivity contribution in [3.8, 4) is 39.7 Å². The van der Waals surface area contributed by atoms with Crippen molar-refractivity contribution >= 4 is 23.3 Å². The average Bonchev–Trinajstić information content (AvgIpc) is 3.49. The number of hydrogen-bond donors (Lipinski definition) is 1. The maximum atomic E-state index is 6.22. The lowest BCUT2D eigenvalue weighted by molar-refractivity contribution is 0.469. The van der Waals surface area contributed by atoms with E-state index in [9.17, 15) is 0 Å². The van der Waals surface area contributed by atoms with E-state index in [4.69, 9.17) is 15.5 Å². The Balaban J connectivity index is 0.00000280. The normalized spacial score (nSPS) is 10.7.